The minimum Gasteiger partial charge on any atom is -0.497 e. The van der Waals surface area contributed by atoms with Crippen molar-refractivity contribution in [1.82, 2.24) is 9.97 Å². The fourth-order valence-electron chi connectivity index (χ4n) is 2.33. The molecule has 0 radical (unpaired) electrons. The first-order valence-electron chi connectivity index (χ1n) is 6.97. The van der Waals surface area contributed by atoms with Crippen molar-refractivity contribution >= 4 is 28.3 Å². The Morgan fingerprint density at radius 3 is 2.59 bits per heavy atom. The van der Waals surface area contributed by atoms with E-state index in [1.807, 2.05) is 49.4 Å². The maximum Gasteiger partial charge on any atom is 0.224 e. The first-order valence-corrected chi connectivity index (χ1v) is 7.35. The van der Waals surface area contributed by atoms with E-state index in [1.165, 1.54) is 0 Å². The van der Waals surface area contributed by atoms with Crippen molar-refractivity contribution in [2.45, 2.75) is 13.5 Å². The van der Waals surface area contributed by atoms with Gasteiger partial charge in [0.15, 0.2) is 0 Å². The van der Waals surface area contributed by atoms with E-state index in [9.17, 15) is 0 Å². The first kappa shape index (κ1) is 14.6. The van der Waals surface area contributed by atoms with E-state index >= 15 is 0 Å². The van der Waals surface area contributed by atoms with Crippen molar-refractivity contribution in [3.63, 3.8) is 0 Å². The van der Waals surface area contributed by atoms with E-state index in [4.69, 9.17) is 16.3 Å². The average Bonchev–Trinajstić information content (AvgIpc) is 2.54. The number of aryl methyl sites for hydroxylation is 1. The van der Waals surface area contributed by atoms with Crippen LogP contribution < -0.4 is 10.1 Å². The Morgan fingerprint density at radius 1 is 1.09 bits per heavy atom. The van der Waals surface area contributed by atoms with Gasteiger partial charge in [-0.15, -0.1) is 0 Å². The van der Waals surface area contributed by atoms with Crippen molar-refractivity contribution in [1.29, 1.82) is 0 Å². The molecule has 0 aliphatic carbocycles. The lowest BCUT2D eigenvalue weighted by molar-refractivity contribution is 0.414. The Kier molecular flexibility index (Phi) is 4.11. The quantitative estimate of drug-likeness (QED) is 0.733. The van der Waals surface area contributed by atoms with Crippen molar-refractivity contribution in [2.75, 3.05) is 12.4 Å². The second-order valence-corrected chi connectivity index (χ2v) is 5.35. The van der Waals surface area contributed by atoms with Gasteiger partial charge < -0.3 is 10.1 Å². The number of nitrogens with zero attached hydrogens (tertiary/aromatic N) is 2. The molecule has 1 N–H and O–H groups in total. The molecule has 22 heavy (non-hydrogen) atoms. The van der Waals surface area contributed by atoms with Gasteiger partial charge in [-0.3, -0.25) is 0 Å². The molecule has 0 spiro atoms. The van der Waals surface area contributed by atoms with Crippen LogP contribution in [0.4, 0.5) is 5.82 Å². The zero-order valence-corrected chi connectivity index (χ0v) is 13.2. The average molecular weight is 314 g/mol. The number of rotatable bonds is 4. The van der Waals surface area contributed by atoms with Crippen LogP contribution in [0.3, 0.4) is 0 Å². The monoisotopic (exact) mass is 313 g/mol. The van der Waals surface area contributed by atoms with Crippen molar-refractivity contribution in [3.8, 4) is 5.75 Å². The molecular formula is C17H16ClN3O. The van der Waals surface area contributed by atoms with E-state index < -0.39 is 0 Å². The number of para-hydroxylation sites is 1. The first-order chi connectivity index (χ1) is 10.7. The molecule has 0 fully saturated rings. The molecule has 0 bridgehead atoms. The highest BCUT2D eigenvalue weighted by Crippen LogP contribution is 2.25. The number of benzene rings is 2. The molecule has 2 aromatic carbocycles. The molecule has 112 valence electrons. The van der Waals surface area contributed by atoms with Crippen molar-refractivity contribution in [2.24, 2.45) is 0 Å². The number of fused-ring (bicyclic) bond motifs is 1. The zero-order valence-electron chi connectivity index (χ0n) is 12.4. The fraction of sp³-hybridized carbons (Fsp3) is 0.176. The summed E-state index contributed by atoms with van der Waals surface area (Å²) in [7, 11) is 1.66. The largest absolute Gasteiger partial charge is 0.497 e. The maximum atomic E-state index is 6.04. The highest BCUT2D eigenvalue weighted by atomic mass is 35.5. The van der Waals surface area contributed by atoms with Crippen LogP contribution in [-0.2, 0) is 6.54 Å². The third kappa shape index (κ3) is 2.97. The molecule has 1 aromatic heterocycles. The van der Waals surface area contributed by atoms with E-state index in [0.717, 1.165) is 33.6 Å². The van der Waals surface area contributed by atoms with Crippen LogP contribution in [-0.4, -0.2) is 17.1 Å². The molecule has 0 amide bonds. The molecule has 3 aromatic rings. The van der Waals surface area contributed by atoms with Gasteiger partial charge in [0.2, 0.25) is 5.28 Å². The van der Waals surface area contributed by atoms with Gasteiger partial charge >= 0.3 is 0 Å². The normalized spacial score (nSPS) is 10.7. The summed E-state index contributed by atoms with van der Waals surface area (Å²) in [4.78, 5) is 8.62. The smallest absolute Gasteiger partial charge is 0.224 e. The second-order valence-electron chi connectivity index (χ2n) is 5.01. The van der Waals surface area contributed by atoms with Gasteiger partial charge in [0.1, 0.15) is 11.6 Å². The number of halogens is 1. The molecule has 5 heteroatoms. The van der Waals surface area contributed by atoms with Gasteiger partial charge in [-0.1, -0.05) is 24.3 Å². The SMILES string of the molecule is COc1ccc(CNc2nc(Cl)nc3c(C)cccc23)cc1. The number of methoxy groups -OCH3 is 1. The highest BCUT2D eigenvalue weighted by molar-refractivity contribution is 6.28. The van der Waals surface area contributed by atoms with E-state index in [1.54, 1.807) is 7.11 Å². The summed E-state index contributed by atoms with van der Waals surface area (Å²) in [5.41, 5.74) is 3.09. The standard InChI is InChI=1S/C17H16ClN3O/c1-11-4-3-5-14-15(11)20-17(18)21-16(14)19-10-12-6-8-13(22-2)9-7-12/h3-9H,10H2,1-2H3,(H,19,20,21). The number of ether oxygens (including phenoxy) is 1. The van der Waals surface area contributed by atoms with Gasteiger partial charge in [0.05, 0.1) is 12.6 Å². The predicted octanol–water partition coefficient (Wildman–Crippen LogP) is 4.21. The van der Waals surface area contributed by atoms with Crippen molar-refractivity contribution in [3.05, 3.63) is 58.9 Å². The second kappa shape index (κ2) is 6.20. The van der Waals surface area contributed by atoms with Gasteiger partial charge in [-0.2, -0.15) is 0 Å². The van der Waals surface area contributed by atoms with Crippen LogP contribution in [0.5, 0.6) is 5.75 Å². The van der Waals surface area contributed by atoms with Gasteiger partial charge in [-0.05, 0) is 47.9 Å². The topological polar surface area (TPSA) is 47.0 Å². The molecule has 0 aliphatic heterocycles. The molecule has 1 heterocycles. The third-order valence-electron chi connectivity index (χ3n) is 3.52. The Hall–Kier alpha value is -2.33. The van der Waals surface area contributed by atoms with Gasteiger partial charge in [-0.25, -0.2) is 9.97 Å². The number of anilines is 1. The van der Waals surface area contributed by atoms with Crippen LogP contribution in [0.25, 0.3) is 10.9 Å². The molecule has 0 unspecified atom stereocenters. The summed E-state index contributed by atoms with van der Waals surface area (Å²) in [5.74, 6) is 1.59. The molecule has 0 aliphatic rings. The lowest BCUT2D eigenvalue weighted by Crippen LogP contribution is -2.03. The summed E-state index contributed by atoms with van der Waals surface area (Å²) in [6.45, 7) is 2.67. The van der Waals surface area contributed by atoms with Crippen molar-refractivity contribution < 1.29 is 4.74 Å². The highest BCUT2D eigenvalue weighted by Gasteiger charge is 2.08. The van der Waals surface area contributed by atoms with E-state index in [0.29, 0.717) is 6.54 Å². The Balaban J connectivity index is 1.88. The summed E-state index contributed by atoms with van der Waals surface area (Å²) in [6, 6.07) is 13.9. The van der Waals surface area contributed by atoms with E-state index in [-0.39, 0.29) is 5.28 Å². The molecule has 0 saturated heterocycles. The minimum absolute atomic E-state index is 0.249. The van der Waals surface area contributed by atoms with E-state index in [2.05, 4.69) is 15.3 Å². The lowest BCUT2D eigenvalue weighted by atomic mass is 10.1. The molecule has 0 saturated carbocycles. The minimum atomic E-state index is 0.249. The molecule has 4 nitrogen and oxygen atoms in total. The Bertz CT molecular complexity index is 803. The summed E-state index contributed by atoms with van der Waals surface area (Å²) >= 11 is 6.04. The third-order valence-corrected chi connectivity index (χ3v) is 3.69. The van der Waals surface area contributed by atoms with Gasteiger partial charge in [0, 0.05) is 11.9 Å². The molecule has 0 atom stereocenters. The summed E-state index contributed by atoms with van der Waals surface area (Å²) in [6.07, 6.45) is 0. The maximum absolute atomic E-state index is 6.04. The van der Waals surface area contributed by atoms with Crippen LogP contribution in [0.1, 0.15) is 11.1 Å². The predicted molar refractivity (Wildman–Crippen MR) is 89.6 cm³/mol. The summed E-state index contributed by atoms with van der Waals surface area (Å²) in [5, 5.41) is 4.55. The molecular weight excluding hydrogens is 298 g/mol. The Morgan fingerprint density at radius 2 is 1.86 bits per heavy atom. The zero-order chi connectivity index (χ0) is 15.5. The van der Waals surface area contributed by atoms with Gasteiger partial charge in [0.25, 0.3) is 0 Å². The van der Waals surface area contributed by atoms with Crippen LogP contribution in [0, 0.1) is 6.92 Å². The fourth-order valence-corrected chi connectivity index (χ4v) is 2.50. The van der Waals surface area contributed by atoms with Crippen LogP contribution in [0.15, 0.2) is 42.5 Å². The number of aromatic nitrogens is 2. The number of hydrogen-bond acceptors (Lipinski definition) is 4. The molecule has 3 rings (SSSR count). The van der Waals surface area contributed by atoms with Crippen LogP contribution >= 0.6 is 11.6 Å². The Labute approximate surface area is 134 Å². The summed E-state index contributed by atoms with van der Waals surface area (Å²) < 4.78 is 5.16. The number of hydrogen-bond donors (Lipinski definition) is 1. The van der Waals surface area contributed by atoms with Crippen LogP contribution in [0.2, 0.25) is 5.28 Å². The lowest BCUT2D eigenvalue weighted by Gasteiger charge is -2.10. The number of nitrogens with one attached hydrogen (secondary N) is 1.